The second-order valence-corrected chi connectivity index (χ2v) is 3.04. The van der Waals surface area contributed by atoms with Gasteiger partial charge in [-0.15, -0.1) is 0 Å². The molecule has 0 amide bonds. The maximum absolute atomic E-state index is 13.0. The topological polar surface area (TPSA) is 35.2 Å². The molecule has 0 fully saturated rings. The number of nitrogens with two attached hydrogens (primary N) is 1. The van der Waals surface area contributed by atoms with Crippen molar-refractivity contribution in [1.82, 2.24) is 0 Å². The van der Waals surface area contributed by atoms with Crippen LogP contribution in [0.4, 0.5) is 4.39 Å². The van der Waals surface area contributed by atoms with Crippen molar-refractivity contribution >= 4 is 11.6 Å². The highest BCUT2D eigenvalue weighted by atomic mass is 35.5. The van der Waals surface area contributed by atoms with Crippen LogP contribution in [0.5, 0.6) is 0 Å². The average Bonchev–Trinajstić information content (AvgIpc) is 2.13. The second-order valence-electron chi connectivity index (χ2n) is 2.63. The van der Waals surface area contributed by atoms with Crippen LogP contribution in [0.1, 0.15) is 11.7 Å². The molecule has 0 bridgehead atoms. The fraction of sp³-hybridized carbons (Fsp3) is 0.333. The van der Waals surface area contributed by atoms with E-state index in [4.69, 9.17) is 22.1 Å². The molecule has 0 aliphatic carbocycles. The molecule has 2 N–H and O–H groups in total. The number of hydrogen-bond acceptors (Lipinski definition) is 2. The summed E-state index contributed by atoms with van der Waals surface area (Å²) in [7, 11) is 1.53. The van der Waals surface area contributed by atoms with Gasteiger partial charge in [-0.1, -0.05) is 17.7 Å². The molecule has 2 nitrogen and oxygen atoms in total. The molecular formula is C9H11ClFNO. The van der Waals surface area contributed by atoms with Crippen LogP contribution in [0.25, 0.3) is 0 Å². The Kier molecular flexibility index (Phi) is 3.66. The van der Waals surface area contributed by atoms with Crippen LogP contribution in [0, 0.1) is 5.82 Å². The number of methoxy groups -OCH3 is 1. The lowest BCUT2D eigenvalue weighted by Crippen LogP contribution is -2.14. The Morgan fingerprint density at radius 3 is 2.77 bits per heavy atom. The summed E-state index contributed by atoms with van der Waals surface area (Å²) in [6, 6.07) is 4.53. The van der Waals surface area contributed by atoms with E-state index >= 15 is 0 Å². The Morgan fingerprint density at radius 2 is 2.31 bits per heavy atom. The van der Waals surface area contributed by atoms with Crippen LogP contribution in [-0.4, -0.2) is 13.7 Å². The smallest absolute Gasteiger partial charge is 0.142 e. The van der Waals surface area contributed by atoms with E-state index in [0.29, 0.717) is 12.1 Å². The van der Waals surface area contributed by atoms with E-state index in [1.807, 2.05) is 0 Å². The summed E-state index contributed by atoms with van der Waals surface area (Å²) >= 11 is 5.52. The number of rotatable bonds is 3. The van der Waals surface area contributed by atoms with Gasteiger partial charge >= 0.3 is 0 Å². The Hall–Kier alpha value is -0.640. The second kappa shape index (κ2) is 4.56. The van der Waals surface area contributed by atoms with Crippen molar-refractivity contribution in [3.05, 3.63) is 34.6 Å². The van der Waals surface area contributed by atoms with Crippen LogP contribution in [0.15, 0.2) is 18.2 Å². The first-order valence-corrected chi connectivity index (χ1v) is 4.24. The Labute approximate surface area is 81.4 Å². The van der Waals surface area contributed by atoms with Crippen LogP contribution < -0.4 is 5.73 Å². The van der Waals surface area contributed by atoms with Crippen molar-refractivity contribution in [3.8, 4) is 0 Å². The summed E-state index contributed by atoms with van der Waals surface area (Å²) in [4.78, 5) is 0. The summed E-state index contributed by atoms with van der Waals surface area (Å²) in [5.41, 5.74) is 6.12. The van der Waals surface area contributed by atoms with Gasteiger partial charge in [0.05, 0.1) is 11.1 Å². The highest BCUT2D eigenvalue weighted by Gasteiger charge is 2.10. The van der Waals surface area contributed by atoms with E-state index in [1.165, 1.54) is 19.2 Å². The third-order valence-electron chi connectivity index (χ3n) is 1.81. The van der Waals surface area contributed by atoms with Gasteiger partial charge in [-0.05, 0) is 17.7 Å². The Bertz CT molecular complexity index is 289. The number of hydrogen-bond donors (Lipinski definition) is 1. The van der Waals surface area contributed by atoms with Crippen molar-refractivity contribution in [2.75, 3.05) is 13.7 Å². The lowest BCUT2D eigenvalue weighted by Gasteiger charge is -2.13. The maximum Gasteiger partial charge on any atom is 0.142 e. The van der Waals surface area contributed by atoms with Crippen LogP contribution in [-0.2, 0) is 4.74 Å². The quantitative estimate of drug-likeness (QED) is 0.817. The van der Waals surface area contributed by atoms with E-state index in [9.17, 15) is 4.39 Å². The molecule has 0 aromatic heterocycles. The van der Waals surface area contributed by atoms with Gasteiger partial charge in [0.1, 0.15) is 5.82 Å². The van der Waals surface area contributed by atoms with Crippen LogP contribution in [0.2, 0.25) is 5.02 Å². The summed E-state index contributed by atoms with van der Waals surface area (Å²) in [5.74, 6) is -0.449. The zero-order valence-electron chi connectivity index (χ0n) is 7.26. The van der Waals surface area contributed by atoms with Gasteiger partial charge in [0.25, 0.3) is 0 Å². The molecule has 72 valence electrons. The molecular weight excluding hydrogens is 193 g/mol. The van der Waals surface area contributed by atoms with Gasteiger partial charge in [-0.3, -0.25) is 0 Å². The van der Waals surface area contributed by atoms with E-state index in [1.54, 1.807) is 6.07 Å². The van der Waals surface area contributed by atoms with Crippen molar-refractivity contribution in [2.45, 2.75) is 6.10 Å². The van der Waals surface area contributed by atoms with Gasteiger partial charge < -0.3 is 10.5 Å². The molecule has 0 radical (unpaired) electrons. The SMILES string of the molecule is COC(CN)c1ccc(Cl)c(F)c1. The van der Waals surface area contributed by atoms with Crippen LogP contribution in [0.3, 0.4) is 0 Å². The molecule has 1 aromatic rings. The predicted molar refractivity (Wildman–Crippen MR) is 50.2 cm³/mol. The molecule has 0 heterocycles. The first kappa shape index (κ1) is 10.4. The zero-order valence-corrected chi connectivity index (χ0v) is 8.01. The molecule has 0 spiro atoms. The van der Waals surface area contributed by atoms with Gasteiger partial charge in [0.15, 0.2) is 0 Å². The third kappa shape index (κ3) is 2.40. The molecule has 1 aromatic carbocycles. The largest absolute Gasteiger partial charge is 0.375 e. The first-order chi connectivity index (χ1) is 6.19. The first-order valence-electron chi connectivity index (χ1n) is 3.87. The summed E-state index contributed by atoms with van der Waals surface area (Å²) < 4.78 is 18.0. The summed E-state index contributed by atoms with van der Waals surface area (Å²) in [6.07, 6.45) is -0.272. The van der Waals surface area contributed by atoms with Gasteiger partial charge in [-0.25, -0.2) is 4.39 Å². The lowest BCUT2D eigenvalue weighted by molar-refractivity contribution is 0.110. The minimum absolute atomic E-state index is 0.107. The monoisotopic (exact) mass is 203 g/mol. The van der Waals surface area contributed by atoms with E-state index in [2.05, 4.69) is 0 Å². The molecule has 1 rings (SSSR count). The van der Waals surface area contributed by atoms with Crippen molar-refractivity contribution in [2.24, 2.45) is 5.73 Å². The third-order valence-corrected chi connectivity index (χ3v) is 2.12. The number of benzene rings is 1. The highest BCUT2D eigenvalue weighted by Crippen LogP contribution is 2.21. The maximum atomic E-state index is 13.0. The Morgan fingerprint density at radius 1 is 1.62 bits per heavy atom. The van der Waals surface area contributed by atoms with E-state index in [0.717, 1.165) is 0 Å². The van der Waals surface area contributed by atoms with Gasteiger partial charge in [0, 0.05) is 13.7 Å². The lowest BCUT2D eigenvalue weighted by atomic mass is 10.1. The molecule has 1 unspecified atom stereocenters. The molecule has 0 aliphatic rings. The molecule has 0 saturated heterocycles. The molecule has 1 atom stereocenters. The van der Waals surface area contributed by atoms with E-state index in [-0.39, 0.29) is 11.1 Å². The van der Waals surface area contributed by atoms with Crippen molar-refractivity contribution < 1.29 is 9.13 Å². The molecule has 13 heavy (non-hydrogen) atoms. The standard InChI is InChI=1S/C9H11ClFNO/c1-13-9(5-12)6-2-3-7(10)8(11)4-6/h2-4,9H,5,12H2,1H3. The highest BCUT2D eigenvalue weighted by molar-refractivity contribution is 6.30. The van der Waals surface area contributed by atoms with Crippen molar-refractivity contribution in [1.29, 1.82) is 0 Å². The van der Waals surface area contributed by atoms with Gasteiger partial charge in [0.2, 0.25) is 0 Å². The average molecular weight is 204 g/mol. The Balaban J connectivity index is 2.95. The normalized spacial score (nSPS) is 12.9. The fourth-order valence-corrected chi connectivity index (χ4v) is 1.20. The molecule has 0 aliphatic heterocycles. The summed E-state index contributed by atoms with van der Waals surface area (Å²) in [6.45, 7) is 0.317. The predicted octanol–water partition coefficient (Wildman–Crippen LogP) is 2.13. The molecule has 0 saturated carbocycles. The number of halogens is 2. The zero-order chi connectivity index (χ0) is 9.84. The number of ether oxygens (including phenoxy) is 1. The molecule has 4 heteroatoms. The van der Waals surface area contributed by atoms with Crippen molar-refractivity contribution in [3.63, 3.8) is 0 Å². The fourth-order valence-electron chi connectivity index (χ4n) is 1.08. The minimum Gasteiger partial charge on any atom is -0.375 e. The van der Waals surface area contributed by atoms with Crippen LogP contribution >= 0.6 is 11.6 Å². The minimum atomic E-state index is -0.449. The summed E-state index contributed by atoms with van der Waals surface area (Å²) in [5, 5.41) is 0.107. The van der Waals surface area contributed by atoms with E-state index < -0.39 is 5.82 Å². The van der Waals surface area contributed by atoms with Gasteiger partial charge in [-0.2, -0.15) is 0 Å².